The highest BCUT2D eigenvalue weighted by Crippen LogP contribution is 2.25. The first-order chi connectivity index (χ1) is 8.93. The van der Waals surface area contributed by atoms with E-state index in [-0.39, 0.29) is 5.41 Å². The summed E-state index contributed by atoms with van der Waals surface area (Å²) in [7, 11) is 0. The van der Waals surface area contributed by atoms with Crippen molar-refractivity contribution in [2.45, 2.75) is 39.5 Å². The zero-order valence-corrected chi connectivity index (χ0v) is 12.8. The molecule has 0 unspecified atom stereocenters. The van der Waals surface area contributed by atoms with E-state index in [0.717, 1.165) is 30.8 Å². The lowest BCUT2D eigenvalue weighted by Crippen LogP contribution is -2.20. The van der Waals surface area contributed by atoms with E-state index >= 15 is 0 Å². The second kappa shape index (κ2) is 7.34. The Morgan fingerprint density at radius 3 is 2.68 bits per heavy atom. The van der Waals surface area contributed by atoms with E-state index in [0.29, 0.717) is 6.61 Å². The first-order valence-electron chi connectivity index (χ1n) is 7.04. The number of hydrogen-bond donors (Lipinski definition) is 1. The molecule has 0 heterocycles. The molecular weight excluding hydrogens is 234 g/mol. The van der Waals surface area contributed by atoms with Gasteiger partial charge in [0, 0.05) is 6.54 Å². The molecule has 19 heavy (non-hydrogen) atoms. The van der Waals surface area contributed by atoms with Crippen molar-refractivity contribution in [3.8, 4) is 5.75 Å². The van der Waals surface area contributed by atoms with Crippen molar-refractivity contribution in [2.24, 2.45) is 0 Å². The second-order valence-corrected chi connectivity index (χ2v) is 5.99. The SMILES string of the molecule is C=C(CNCCC)COc1cccc(C(C)(C)C)c1. The Bertz CT molecular complexity index is 404. The number of hydrogen-bond acceptors (Lipinski definition) is 2. The Kier molecular flexibility index (Phi) is 6.10. The van der Waals surface area contributed by atoms with Crippen LogP contribution in [-0.2, 0) is 5.41 Å². The maximum atomic E-state index is 5.79. The summed E-state index contributed by atoms with van der Waals surface area (Å²) in [6.45, 7) is 15.2. The average molecular weight is 261 g/mol. The van der Waals surface area contributed by atoms with Crippen LogP contribution in [0.2, 0.25) is 0 Å². The van der Waals surface area contributed by atoms with Crippen molar-refractivity contribution in [2.75, 3.05) is 19.7 Å². The van der Waals surface area contributed by atoms with Crippen molar-refractivity contribution in [1.29, 1.82) is 0 Å². The van der Waals surface area contributed by atoms with Crippen LogP contribution in [0, 0.1) is 0 Å². The van der Waals surface area contributed by atoms with Gasteiger partial charge in [0.1, 0.15) is 12.4 Å². The highest BCUT2D eigenvalue weighted by atomic mass is 16.5. The van der Waals surface area contributed by atoms with Crippen LogP contribution < -0.4 is 10.1 Å². The molecule has 0 aliphatic rings. The van der Waals surface area contributed by atoms with Crippen molar-refractivity contribution in [3.63, 3.8) is 0 Å². The van der Waals surface area contributed by atoms with Gasteiger partial charge in [-0.25, -0.2) is 0 Å². The fourth-order valence-electron chi connectivity index (χ4n) is 1.73. The molecule has 2 heteroatoms. The molecule has 0 fully saturated rings. The Labute approximate surface area is 117 Å². The number of rotatable bonds is 7. The van der Waals surface area contributed by atoms with Crippen molar-refractivity contribution in [1.82, 2.24) is 5.32 Å². The highest BCUT2D eigenvalue weighted by Gasteiger charge is 2.13. The molecule has 0 radical (unpaired) electrons. The summed E-state index contributed by atoms with van der Waals surface area (Å²) < 4.78 is 5.79. The van der Waals surface area contributed by atoms with Gasteiger partial charge in [0.15, 0.2) is 0 Å². The maximum absolute atomic E-state index is 5.79. The molecule has 0 aliphatic heterocycles. The van der Waals surface area contributed by atoms with Gasteiger partial charge in [-0.2, -0.15) is 0 Å². The minimum absolute atomic E-state index is 0.152. The predicted molar refractivity (Wildman–Crippen MR) is 82.9 cm³/mol. The molecule has 0 aliphatic carbocycles. The lowest BCUT2D eigenvalue weighted by Gasteiger charge is -2.20. The molecule has 0 atom stereocenters. The standard InChI is InChI=1S/C17H27NO/c1-6-10-18-12-14(2)13-19-16-9-7-8-15(11-16)17(3,4)5/h7-9,11,18H,2,6,10,12-13H2,1,3-5H3. The van der Waals surface area contributed by atoms with E-state index < -0.39 is 0 Å². The van der Waals surface area contributed by atoms with Gasteiger partial charge < -0.3 is 10.1 Å². The Morgan fingerprint density at radius 2 is 2.05 bits per heavy atom. The smallest absolute Gasteiger partial charge is 0.120 e. The number of nitrogens with one attached hydrogen (secondary N) is 1. The third kappa shape index (κ3) is 5.93. The third-order valence-electron chi connectivity index (χ3n) is 2.94. The normalized spacial score (nSPS) is 11.4. The van der Waals surface area contributed by atoms with E-state index in [1.807, 2.05) is 12.1 Å². The van der Waals surface area contributed by atoms with Gasteiger partial charge in [0.2, 0.25) is 0 Å². The quantitative estimate of drug-likeness (QED) is 0.593. The minimum Gasteiger partial charge on any atom is -0.489 e. The van der Waals surface area contributed by atoms with E-state index in [4.69, 9.17) is 4.74 Å². The third-order valence-corrected chi connectivity index (χ3v) is 2.94. The van der Waals surface area contributed by atoms with Crippen LogP contribution in [0.3, 0.4) is 0 Å². The highest BCUT2D eigenvalue weighted by molar-refractivity contribution is 5.32. The van der Waals surface area contributed by atoms with Crippen LogP contribution >= 0.6 is 0 Å². The fourth-order valence-corrected chi connectivity index (χ4v) is 1.73. The summed E-state index contributed by atoms with van der Waals surface area (Å²) in [5.74, 6) is 0.920. The van der Waals surface area contributed by atoms with Gasteiger partial charge in [0.25, 0.3) is 0 Å². The Morgan fingerprint density at radius 1 is 1.32 bits per heavy atom. The van der Waals surface area contributed by atoms with E-state index in [2.05, 4.69) is 51.7 Å². The maximum Gasteiger partial charge on any atom is 0.120 e. The number of ether oxygens (including phenoxy) is 1. The number of benzene rings is 1. The molecule has 0 bridgehead atoms. The monoisotopic (exact) mass is 261 g/mol. The lowest BCUT2D eigenvalue weighted by atomic mass is 9.87. The molecule has 1 N–H and O–H groups in total. The summed E-state index contributed by atoms with van der Waals surface area (Å²) in [5, 5.41) is 3.33. The molecule has 1 aromatic carbocycles. The van der Waals surface area contributed by atoms with E-state index in [1.165, 1.54) is 5.56 Å². The first kappa shape index (κ1) is 15.8. The molecule has 0 saturated carbocycles. The van der Waals surface area contributed by atoms with Crippen LogP contribution in [0.25, 0.3) is 0 Å². The molecule has 0 saturated heterocycles. The summed E-state index contributed by atoms with van der Waals surface area (Å²) in [6.07, 6.45) is 1.14. The van der Waals surface area contributed by atoms with Crippen LogP contribution in [0.5, 0.6) is 5.75 Å². The molecule has 1 rings (SSSR count). The van der Waals surface area contributed by atoms with Gasteiger partial charge in [0.05, 0.1) is 0 Å². The first-order valence-corrected chi connectivity index (χ1v) is 7.04. The average Bonchev–Trinajstić information content (AvgIpc) is 2.36. The summed E-state index contributed by atoms with van der Waals surface area (Å²) >= 11 is 0. The summed E-state index contributed by atoms with van der Waals surface area (Å²) in [4.78, 5) is 0. The molecule has 0 spiro atoms. The summed E-state index contributed by atoms with van der Waals surface area (Å²) in [6, 6.07) is 8.31. The summed E-state index contributed by atoms with van der Waals surface area (Å²) in [5.41, 5.74) is 2.52. The van der Waals surface area contributed by atoms with Crippen molar-refractivity contribution in [3.05, 3.63) is 42.0 Å². The van der Waals surface area contributed by atoms with Gasteiger partial charge in [-0.15, -0.1) is 0 Å². The van der Waals surface area contributed by atoms with Gasteiger partial charge in [-0.3, -0.25) is 0 Å². The largest absolute Gasteiger partial charge is 0.489 e. The molecule has 2 nitrogen and oxygen atoms in total. The van der Waals surface area contributed by atoms with Crippen molar-refractivity contribution < 1.29 is 4.74 Å². The Hall–Kier alpha value is -1.28. The van der Waals surface area contributed by atoms with Gasteiger partial charge in [-0.05, 0) is 41.6 Å². The van der Waals surface area contributed by atoms with Crippen LogP contribution in [0.1, 0.15) is 39.7 Å². The van der Waals surface area contributed by atoms with Crippen molar-refractivity contribution >= 4 is 0 Å². The van der Waals surface area contributed by atoms with E-state index in [9.17, 15) is 0 Å². The lowest BCUT2D eigenvalue weighted by molar-refractivity contribution is 0.347. The van der Waals surface area contributed by atoms with Gasteiger partial charge >= 0.3 is 0 Å². The zero-order valence-electron chi connectivity index (χ0n) is 12.8. The fraction of sp³-hybridized carbons (Fsp3) is 0.529. The van der Waals surface area contributed by atoms with Crippen LogP contribution in [-0.4, -0.2) is 19.7 Å². The minimum atomic E-state index is 0.152. The van der Waals surface area contributed by atoms with E-state index in [1.54, 1.807) is 0 Å². The zero-order chi connectivity index (χ0) is 14.3. The topological polar surface area (TPSA) is 21.3 Å². The van der Waals surface area contributed by atoms with Crippen LogP contribution in [0.4, 0.5) is 0 Å². The molecule has 0 aromatic heterocycles. The molecular formula is C17H27NO. The predicted octanol–water partition coefficient (Wildman–Crippen LogP) is 3.92. The molecule has 106 valence electrons. The Balaban J connectivity index is 2.47. The molecule has 1 aromatic rings. The van der Waals surface area contributed by atoms with Crippen LogP contribution in [0.15, 0.2) is 36.4 Å². The van der Waals surface area contributed by atoms with Gasteiger partial charge in [-0.1, -0.05) is 46.4 Å². The second-order valence-electron chi connectivity index (χ2n) is 5.99. The molecule has 0 amide bonds.